The minimum absolute atomic E-state index is 0.0272. The minimum Gasteiger partial charge on any atom is -0.338 e. The van der Waals surface area contributed by atoms with Gasteiger partial charge in [0.2, 0.25) is 11.7 Å². The molecule has 4 rings (SSSR count). The molecule has 1 heterocycles. The lowest BCUT2D eigenvalue weighted by atomic mass is 10.1. The molecular weight excluding hydrogens is 380 g/mol. The zero-order valence-corrected chi connectivity index (χ0v) is 16.2. The smallest absolute Gasteiger partial charge is 0.269 e. The number of nitro groups is 1. The van der Waals surface area contributed by atoms with Crippen LogP contribution in [0.15, 0.2) is 89.5 Å². The van der Waals surface area contributed by atoms with Gasteiger partial charge in [-0.05, 0) is 23.3 Å². The maximum atomic E-state index is 10.8. The molecule has 1 aromatic heterocycles. The summed E-state index contributed by atoms with van der Waals surface area (Å²) in [4.78, 5) is 17.1. The van der Waals surface area contributed by atoms with Crippen LogP contribution in [0.2, 0.25) is 0 Å². The van der Waals surface area contributed by atoms with Crippen LogP contribution in [-0.4, -0.2) is 20.0 Å². The van der Waals surface area contributed by atoms with Crippen LogP contribution in [0.3, 0.4) is 0 Å². The Labute approximate surface area is 173 Å². The predicted molar refractivity (Wildman–Crippen MR) is 112 cm³/mol. The lowest BCUT2D eigenvalue weighted by Crippen LogP contribution is -2.22. The van der Waals surface area contributed by atoms with E-state index in [0.717, 1.165) is 13.1 Å². The molecule has 4 aromatic rings. The van der Waals surface area contributed by atoms with Crippen LogP contribution in [-0.2, 0) is 19.6 Å². The fourth-order valence-electron chi connectivity index (χ4n) is 3.21. The molecular formula is C23H20N4O3. The van der Waals surface area contributed by atoms with Gasteiger partial charge in [0, 0.05) is 30.8 Å². The molecule has 0 spiro atoms. The molecule has 0 saturated carbocycles. The molecule has 30 heavy (non-hydrogen) atoms. The Hall–Kier alpha value is -3.84. The number of nitrogens with zero attached hydrogens (tertiary/aromatic N) is 4. The number of hydrogen-bond acceptors (Lipinski definition) is 6. The maximum absolute atomic E-state index is 10.8. The van der Waals surface area contributed by atoms with Crippen LogP contribution in [0, 0.1) is 10.1 Å². The van der Waals surface area contributed by atoms with Gasteiger partial charge in [-0.3, -0.25) is 15.0 Å². The normalized spacial score (nSPS) is 11.0. The fourth-order valence-corrected chi connectivity index (χ4v) is 3.21. The van der Waals surface area contributed by atoms with Gasteiger partial charge in [0.25, 0.3) is 5.69 Å². The Bertz CT molecular complexity index is 1050. The summed E-state index contributed by atoms with van der Waals surface area (Å²) in [6.45, 7) is 1.97. The highest BCUT2D eigenvalue weighted by Crippen LogP contribution is 2.21. The summed E-state index contributed by atoms with van der Waals surface area (Å²) in [5.41, 5.74) is 3.10. The molecule has 7 heteroatoms. The Morgan fingerprint density at radius 1 is 0.800 bits per heavy atom. The molecule has 150 valence electrons. The van der Waals surface area contributed by atoms with Gasteiger partial charge in [-0.25, -0.2) is 0 Å². The minimum atomic E-state index is -0.434. The van der Waals surface area contributed by atoms with Crippen LogP contribution >= 0.6 is 0 Å². The standard InChI is InChI=1S/C23H20N4O3/c28-27(29)21-13-11-20(12-14-21)23-24-22(30-25-23)17-26(15-18-7-3-1-4-8-18)16-19-9-5-2-6-10-19/h1-14H,15-17H2. The molecule has 0 radical (unpaired) electrons. The molecule has 0 aliphatic heterocycles. The SMILES string of the molecule is O=[N+]([O-])c1ccc(-c2noc(CN(Cc3ccccc3)Cc3ccccc3)n2)cc1. The van der Waals surface area contributed by atoms with Crippen molar-refractivity contribution in [1.29, 1.82) is 0 Å². The Kier molecular flexibility index (Phi) is 5.91. The summed E-state index contributed by atoms with van der Waals surface area (Å²) < 4.78 is 5.47. The predicted octanol–water partition coefficient (Wildman–Crippen LogP) is 4.85. The third-order valence-electron chi connectivity index (χ3n) is 4.66. The highest BCUT2D eigenvalue weighted by atomic mass is 16.6. The summed E-state index contributed by atoms with van der Waals surface area (Å²) in [5, 5.41) is 14.9. The topological polar surface area (TPSA) is 85.3 Å². The van der Waals surface area contributed by atoms with E-state index in [9.17, 15) is 10.1 Å². The van der Waals surface area contributed by atoms with E-state index < -0.39 is 4.92 Å². The second kappa shape index (κ2) is 9.11. The number of nitro benzene ring substituents is 1. The average Bonchev–Trinajstić information content (AvgIpc) is 3.24. The van der Waals surface area contributed by atoms with Crippen molar-refractivity contribution < 1.29 is 9.45 Å². The van der Waals surface area contributed by atoms with Crippen molar-refractivity contribution in [3.05, 3.63) is 112 Å². The van der Waals surface area contributed by atoms with Crippen molar-refractivity contribution in [2.24, 2.45) is 0 Å². The van der Waals surface area contributed by atoms with Crippen LogP contribution in [0.1, 0.15) is 17.0 Å². The lowest BCUT2D eigenvalue weighted by Gasteiger charge is -2.20. The summed E-state index contributed by atoms with van der Waals surface area (Å²) >= 11 is 0. The average molecular weight is 400 g/mol. The maximum Gasteiger partial charge on any atom is 0.269 e. The van der Waals surface area contributed by atoms with Crippen molar-refractivity contribution in [2.75, 3.05) is 0 Å². The number of hydrogen-bond donors (Lipinski definition) is 0. The van der Waals surface area contributed by atoms with Crippen molar-refractivity contribution in [3.8, 4) is 11.4 Å². The van der Waals surface area contributed by atoms with Gasteiger partial charge in [-0.15, -0.1) is 0 Å². The zero-order chi connectivity index (χ0) is 20.8. The first-order valence-corrected chi connectivity index (χ1v) is 9.55. The van der Waals surface area contributed by atoms with Crippen molar-refractivity contribution in [3.63, 3.8) is 0 Å². The van der Waals surface area contributed by atoms with Crippen LogP contribution in [0.5, 0.6) is 0 Å². The third kappa shape index (κ3) is 4.95. The van der Waals surface area contributed by atoms with Crippen LogP contribution in [0.4, 0.5) is 5.69 Å². The first-order chi connectivity index (χ1) is 14.7. The van der Waals surface area contributed by atoms with Gasteiger partial charge in [0.1, 0.15) is 0 Å². The molecule has 0 amide bonds. The molecule has 0 saturated heterocycles. The molecule has 3 aromatic carbocycles. The Balaban J connectivity index is 1.51. The van der Waals surface area contributed by atoms with Crippen molar-refractivity contribution in [2.45, 2.75) is 19.6 Å². The molecule has 0 aliphatic carbocycles. The number of aromatic nitrogens is 2. The van der Waals surface area contributed by atoms with E-state index in [0.29, 0.717) is 23.8 Å². The van der Waals surface area contributed by atoms with E-state index in [-0.39, 0.29) is 5.69 Å². The van der Waals surface area contributed by atoms with Crippen molar-refractivity contribution in [1.82, 2.24) is 15.0 Å². The van der Waals surface area contributed by atoms with Gasteiger partial charge in [0.05, 0.1) is 11.5 Å². The molecule has 0 aliphatic rings. The first-order valence-electron chi connectivity index (χ1n) is 9.55. The summed E-state index contributed by atoms with van der Waals surface area (Å²) in [6.07, 6.45) is 0. The summed E-state index contributed by atoms with van der Waals surface area (Å²) in [5.74, 6) is 0.912. The fraction of sp³-hybridized carbons (Fsp3) is 0.130. The Morgan fingerprint density at radius 2 is 1.37 bits per heavy atom. The number of benzene rings is 3. The summed E-state index contributed by atoms with van der Waals surface area (Å²) in [6, 6.07) is 26.6. The second-order valence-corrected chi connectivity index (χ2v) is 6.93. The van der Waals surface area contributed by atoms with Gasteiger partial charge >= 0.3 is 0 Å². The second-order valence-electron chi connectivity index (χ2n) is 6.93. The van der Waals surface area contributed by atoms with Gasteiger partial charge in [-0.2, -0.15) is 4.98 Å². The number of non-ortho nitro benzene ring substituents is 1. The van der Waals surface area contributed by atoms with Gasteiger partial charge in [0.15, 0.2) is 0 Å². The van der Waals surface area contributed by atoms with E-state index in [1.807, 2.05) is 36.4 Å². The summed E-state index contributed by atoms with van der Waals surface area (Å²) in [7, 11) is 0. The molecule has 0 unspecified atom stereocenters. The molecule has 7 nitrogen and oxygen atoms in total. The van der Waals surface area contributed by atoms with E-state index in [1.165, 1.54) is 23.3 Å². The molecule has 0 N–H and O–H groups in total. The van der Waals surface area contributed by atoms with Crippen molar-refractivity contribution >= 4 is 5.69 Å². The molecule has 0 atom stereocenters. The largest absolute Gasteiger partial charge is 0.338 e. The highest BCUT2D eigenvalue weighted by molar-refractivity contribution is 5.56. The first kappa shape index (κ1) is 19.5. The van der Waals surface area contributed by atoms with Crippen LogP contribution in [0.25, 0.3) is 11.4 Å². The molecule has 0 bridgehead atoms. The third-order valence-corrected chi connectivity index (χ3v) is 4.66. The van der Waals surface area contributed by atoms with E-state index in [4.69, 9.17) is 4.52 Å². The zero-order valence-electron chi connectivity index (χ0n) is 16.2. The van der Waals surface area contributed by atoms with E-state index >= 15 is 0 Å². The van der Waals surface area contributed by atoms with E-state index in [1.54, 1.807) is 12.1 Å². The highest BCUT2D eigenvalue weighted by Gasteiger charge is 2.15. The number of rotatable bonds is 8. The monoisotopic (exact) mass is 400 g/mol. The van der Waals surface area contributed by atoms with Gasteiger partial charge < -0.3 is 4.52 Å². The van der Waals surface area contributed by atoms with E-state index in [2.05, 4.69) is 39.3 Å². The lowest BCUT2D eigenvalue weighted by molar-refractivity contribution is -0.384. The molecule has 0 fully saturated rings. The van der Waals surface area contributed by atoms with Gasteiger partial charge in [-0.1, -0.05) is 65.8 Å². The Morgan fingerprint density at radius 3 is 1.90 bits per heavy atom. The van der Waals surface area contributed by atoms with Crippen LogP contribution < -0.4 is 0 Å². The quantitative estimate of drug-likeness (QED) is 0.311.